The number of anilines is 3. The molecule has 0 fully saturated rings. The van der Waals surface area contributed by atoms with Gasteiger partial charge in [-0.25, -0.2) is 13.1 Å². The second kappa shape index (κ2) is 8.83. The van der Waals surface area contributed by atoms with Gasteiger partial charge in [-0.15, -0.1) is 10.2 Å². The summed E-state index contributed by atoms with van der Waals surface area (Å²) >= 11 is 0. The average Bonchev–Trinajstić information content (AvgIpc) is 3.13. The highest BCUT2D eigenvalue weighted by Crippen LogP contribution is 2.21. The van der Waals surface area contributed by atoms with E-state index in [2.05, 4.69) is 25.3 Å². The Hall–Kier alpha value is -4.05. The molecule has 0 aliphatic heterocycles. The second-order valence-corrected chi connectivity index (χ2v) is 9.19. The van der Waals surface area contributed by atoms with E-state index >= 15 is 0 Å². The minimum atomic E-state index is -3.77. The predicted molar refractivity (Wildman–Crippen MR) is 126 cm³/mol. The van der Waals surface area contributed by atoms with Crippen LogP contribution in [0, 0.1) is 13.8 Å². The van der Waals surface area contributed by atoms with Gasteiger partial charge in [-0.1, -0.05) is 12.1 Å². The van der Waals surface area contributed by atoms with Crippen LogP contribution in [0.5, 0.6) is 0 Å². The maximum Gasteiger partial charge on any atom is 0.261 e. The molecule has 0 aliphatic carbocycles. The zero-order valence-corrected chi connectivity index (χ0v) is 19.1. The normalized spacial score (nSPS) is 11.2. The van der Waals surface area contributed by atoms with Crippen LogP contribution in [-0.2, 0) is 10.0 Å². The van der Waals surface area contributed by atoms with Gasteiger partial charge in [0.1, 0.15) is 0 Å². The lowest BCUT2D eigenvalue weighted by molar-refractivity contribution is 0.101. The average molecular weight is 463 g/mol. The maximum atomic E-state index is 12.6. The van der Waals surface area contributed by atoms with Crippen LogP contribution in [0.2, 0.25) is 0 Å². The number of nitrogens with one attached hydrogen (secondary N) is 2. The summed E-state index contributed by atoms with van der Waals surface area (Å²) in [4.78, 5) is 11.4. The van der Waals surface area contributed by atoms with Crippen molar-refractivity contribution >= 4 is 33.0 Å². The molecule has 4 rings (SSSR count). The molecule has 2 aromatic heterocycles. The molecule has 0 radical (unpaired) electrons. The van der Waals surface area contributed by atoms with E-state index < -0.39 is 10.0 Å². The number of hydrogen-bond donors (Lipinski definition) is 2. The van der Waals surface area contributed by atoms with Gasteiger partial charge in [0.2, 0.25) is 0 Å². The molecule has 0 spiro atoms. The zero-order chi connectivity index (χ0) is 23.6. The van der Waals surface area contributed by atoms with Gasteiger partial charge in [-0.2, -0.15) is 5.10 Å². The van der Waals surface area contributed by atoms with Gasteiger partial charge in [0.25, 0.3) is 10.0 Å². The van der Waals surface area contributed by atoms with Crippen molar-refractivity contribution in [1.29, 1.82) is 0 Å². The van der Waals surface area contributed by atoms with Crippen LogP contribution < -0.4 is 10.0 Å². The highest BCUT2D eigenvalue weighted by molar-refractivity contribution is 7.92. The number of carbonyl (C=O) groups is 1. The predicted octanol–water partition coefficient (Wildman–Crippen LogP) is 4.03. The number of rotatable bonds is 7. The fourth-order valence-electron chi connectivity index (χ4n) is 3.22. The molecule has 10 heteroatoms. The summed E-state index contributed by atoms with van der Waals surface area (Å²) in [6.45, 7) is 5.30. The molecular formula is C23H22N6O3S. The van der Waals surface area contributed by atoms with Crippen LogP contribution in [0.4, 0.5) is 17.2 Å². The summed E-state index contributed by atoms with van der Waals surface area (Å²) in [7, 11) is -3.77. The Morgan fingerprint density at radius 3 is 2.09 bits per heavy atom. The van der Waals surface area contributed by atoms with E-state index in [4.69, 9.17) is 0 Å². The number of Topliss-reactive ketones (excluding diaryl/α,β-unsaturated/α-hetero) is 1. The molecule has 2 aromatic carbocycles. The monoisotopic (exact) mass is 462 g/mol. The fourth-order valence-corrected chi connectivity index (χ4v) is 4.28. The van der Waals surface area contributed by atoms with Crippen LogP contribution in [0.15, 0.2) is 71.6 Å². The lowest BCUT2D eigenvalue weighted by Gasteiger charge is -2.10. The van der Waals surface area contributed by atoms with Crippen molar-refractivity contribution in [1.82, 2.24) is 20.0 Å². The highest BCUT2D eigenvalue weighted by atomic mass is 32.2. The first-order valence-electron chi connectivity index (χ1n) is 10.1. The van der Waals surface area contributed by atoms with E-state index in [0.29, 0.717) is 22.9 Å². The third-order valence-corrected chi connectivity index (χ3v) is 6.25. The Labute approximate surface area is 191 Å². The molecular weight excluding hydrogens is 440 g/mol. The summed E-state index contributed by atoms with van der Waals surface area (Å²) in [6, 6.07) is 18.1. The van der Waals surface area contributed by atoms with Gasteiger partial charge < -0.3 is 5.32 Å². The number of ketones is 1. The number of sulfonamides is 1. The summed E-state index contributed by atoms with van der Waals surface area (Å²) in [5.74, 6) is 1.03. The molecule has 33 heavy (non-hydrogen) atoms. The Morgan fingerprint density at radius 2 is 1.55 bits per heavy atom. The van der Waals surface area contributed by atoms with Crippen molar-refractivity contribution < 1.29 is 13.2 Å². The number of carbonyl (C=O) groups excluding carboxylic acids is 1. The van der Waals surface area contributed by atoms with E-state index in [9.17, 15) is 13.2 Å². The molecule has 0 aliphatic rings. The number of benzene rings is 2. The molecule has 0 saturated carbocycles. The lowest BCUT2D eigenvalue weighted by atomic mass is 10.2. The Balaban J connectivity index is 1.43. The molecule has 2 heterocycles. The topological polar surface area (TPSA) is 119 Å². The van der Waals surface area contributed by atoms with Crippen LogP contribution >= 0.6 is 0 Å². The van der Waals surface area contributed by atoms with Crippen molar-refractivity contribution in [3.05, 3.63) is 83.7 Å². The highest BCUT2D eigenvalue weighted by Gasteiger charge is 2.14. The number of nitrogens with zero attached hydrogens (tertiary/aromatic N) is 4. The summed E-state index contributed by atoms with van der Waals surface area (Å²) in [6.07, 6.45) is 0. The molecule has 0 saturated heterocycles. The molecule has 9 nitrogen and oxygen atoms in total. The van der Waals surface area contributed by atoms with Gasteiger partial charge in [0.15, 0.2) is 17.4 Å². The molecule has 2 N–H and O–H groups in total. The van der Waals surface area contributed by atoms with E-state index in [1.165, 1.54) is 31.2 Å². The number of aryl methyl sites for hydroxylation is 2. The van der Waals surface area contributed by atoms with Crippen LogP contribution in [0.25, 0.3) is 5.82 Å². The largest absolute Gasteiger partial charge is 0.339 e. The molecule has 0 bridgehead atoms. The van der Waals surface area contributed by atoms with E-state index in [1.54, 1.807) is 35.0 Å². The van der Waals surface area contributed by atoms with Gasteiger partial charge in [0, 0.05) is 22.6 Å². The first-order chi connectivity index (χ1) is 15.7. The van der Waals surface area contributed by atoms with Gasteiger partial charge in [0.05, 0.1) is 10.6 Å². The number of hydrogen-bond acceptors (Lipinski definition) is 7. The standard InChI is InChI=1S/C23H22N6O3S/c1-15-14-16(2)29(27-15)23-13-12-22(25-26-23)24-19-6-8-20(9-7-19)28-33(31,32)21-10-4-18(5-11-21)17(3)30/h4-14,28H,1-3H3,(H,24,25). The first-order valence-corrected chi connectivity index (χ1v) is 11.6. The van der Waals surface area contributed by atoms with Crippen molar-refractivity contribution in [3.63, 3.8) is 0 Å². The zero-order valence-electron chi connectivity index (χ0n) is 18.3. The molecule has 0 unspecified atom stereocenters. The third-order valence-electron chi connectivity index (χ3n) is 4.86. The Morgan fingerprint density at radius 1 is 0.879 bits per heavy atom. The Kier molecular flexibility index (Phi) is 5.93. The van der Waals surface area contributed by atoms with Crippen molar-refractivity contribution in [2.45, 2.75) is 25.7 Å². The summed E-state index contributed by atoms with van der Waals surface area (Å²) in [5, 5.41) is 15.9. The van der Waals surface area contributed by atoms with E-state index in [0.717, 1.165) is 17.1 Å². The van der Waals surface area contributed by atoms with Crippen molar-refractivity contribution in [2.75, 3.05) is 10.0 Å². The quantitative estimate of drug-likeness (QED) is 0.398. The first kappa shape index (κ1) is 22.2. The van der Waals surface area contributed by atoms with Crippen LogP contribution in [-0.4, -0.2) is 34.2 Å². The maximum absolute atomic E-state index is 12.6. The smallest absolute Gasteiger partial charge is 0.261 e. The van der Waals surface area contributed by atoms with Gasteiger partial charge >= 0.3 is 0 Å². The minimum Gasteiger partial charge on any atom is -0.339 e. The van der Waals surface area contributed by atoms with Gasteiger partial charge in [-0.3, -0.25) is 9.52 Å². The van der Waals surface area contributed by atoms with Crippen molar-refractivity contribution in [3.8, 4) is 5.82 Å². The molecule has 0 amide bonds. The number of aromatic nitrogens is 4. The van der Waals surface area contributed by atoms with Crippen LogP contribution in [0.1, 0.15) is 28.7 Å². The van der Waals surface area contributed by atoms with Gasteiger partial charge in [-0.05, 0) is 75.4 Å². The SMILES string of the molecule is CC(=O)c1ccc(S(=O)(=O)Nc2ccc(Nc3ccc(-n4nc(C)cc4C)nn3)cc2)cc1. The fraction of sp³-hybridized carbons (Fsp3) is 0.130. The van der Waals surface area contributed by atoms with Crippen LogP contribution in [0.3, 0.4) is 0 Å². The van der Waals surface area contributed by atoms with E-state index in [-0.39, 0.29) is 10.7 Å². The lowest BCUT2D eigenvalue weighted by Crippen LogP contribution is -2.13. The molecule has 0 atom stereocenters. The summed E-state index contributed by atoms with van der Waals surface area (Å²) in [5.41, 5.74) is 3.45. The second-order valence-electron chi connectivity index (χ2n) is 7.50. The Bertz CT molecular complexity index is 1390. The molecule has 4 aromatic rings. The van der Waals surface area contributed by atoms with Crippen molar-refractivity contribution in [2.24, 2.45) is 0 Å². The third kappa shape index (κ3) is 5.07. The minimum absolute atomic E-state index is 0.0766. The summed E-state index contributed by atoms with van der Waals surface area (Å²) < 4.78 is 29.4. The molecule has 168 valence electrons. The van der Waals surface area contributed by atoms with E-state index in [1.807, 2.05) is 26.0 Å².